The molecule has 2 rings (SSSR count). The molecule has 1 amide bonds. The van der Waals surface area contributed by atoms with Crippen LogP contribution in [0.5, 0.6) is 0 Å². The minimum absolute atomic E-state index is 0.169. The predicted molar refractivity (Wildman–Crippen MR) is 84.6 cm³/mol. The number of amides is 1. The molecule has 21 heavy (non-hydrogen) atoms. The monoisotopic (exact) mass is 304 g/mol. The lowest BCUT2D eigenvalue weighted by Crippen LogP contribution is -2.26. The molecule has 0 aliphatic rings. The molecule has 0 aliphatic carbocycles. The summed E-state index contributed by atoms with van der Waals surface area (Å²) in [6.07, 6.45) is 1.92. The van der Waals surface area contributed by atoms with Crippen LogP contribution < -0.4 is 5.32 Å². The summed E-state index contributed by atoms with van der Waals surface area (Å²) < 4.78 is 0. The van der Waals surface area contributed by atoms with Gasteiger partial charge in [0.05, 0.1) is 11.1 Å². The Hall–Kier alpha value is -1.72. The molecule has 0 fully saturated rings. The van der Waals surface area contributed by atoms with Crippen LogP contribution in [0.2, 0.25) is 0 Å². The van der Waals surface area contributed by atoms with Gasteiger partial charge in [-0.1, -0.05) is 30.3 Å². The molecular formula is C16H20N2O2S. The van der Waals surface area contributed by atoms with E-state index in [-0.39, 0.29) is 5.91 Å². The number of benzene rings is 1. The molecule has 4 nitrogen and oxygen atoms in total. The highest BCUT2D eigenvalue weighted by molar-refractivity contribution is 7.09. The standard InChI is InChI=1S/C16H20N2O2S/c1-12(19)9-10-17-16(20)14-11-21-15(18-14)8-7-13-5-3-2-4-6-13/h2-6,11-12,19H,7-10H2,1H3,(H,17,20). The lowest BCUT2D eigenvalue weighted by atomic mass is 10.1. The second-order valence-electron chi connectivity index (χ2n) is 5.01. The van der Waals surface area contributed by atoms with E-state index >= 15 is 0 Å². The van der Waals surface area contributed by atoms with Gasteiger partial charge in [0.1, 0.15) is 5.69 Å². The minimum Gasteiger partial charge on any atom is -0.393 e. The Morgan fingerprint density at radius 3 is 2.81 bits per heavy atom. The van der Waals surface area contributed by atoms with E-state index in [1.165, 1.54) is 16.9 Å². The fourth-order valence-corrected chi connectivity index (χ4v) is 2.69. The quantitative estimate of drug-likeness (QED) is 0.826. The molecule has 0 saturated heterocycles. The molecular weight excluding hydrogens is 284 g/mol. The summed E-state index contributed by atoms with van der Waals surface area (Å²) in [5, 5.41) is 14.7. The molecule has 0 spiro atoms. The fourth-order valence-electron chi connectivity index (χ4n) is 1.91. The smallest absolute Gasteiger partial charge is 0.270 e. The summed E-state index contributed by atoms with van der Waals surface area (Å²) in [5.74, 6) is -0.169. The highest BCUT2D eigenvalue weighted by Crippen LogP contribution is 2.13. The lowest BCUT2D eigenvalue weighted by Gasteiger charge is -2.04. The van der Waals surface area contributed by atoms with Crippen molar-refractivity contribution in [2.75, 3.05) is 6.54 Å². The Balaban J connectivity index is 1.82. The van der Waals surface area contributed by atoms with Crippen molar-refractivity contribution in [3.05, 3.63) is 52.0 Å². The summed E-state index contributed by atoms with van der Waals surface area (Å²) in [7, 11) is 0. The minimum atomic E-state index is -0.401. The number of thiazole rings is 1. The zero-order valence-corrected chi connectivity index (χ0v) is 12.9. The van der Waals surface area contributed by atoms with Crippen molar-refractivity contribution >= 4 is 17.2 Å². The van der Waals surface area contributed by atoms with Crippen LogP contribution in [-0.4, -0.2) is 28.6 Å². The van der Waals surface area contributed by atoms with Gasteiger partial charge in [0.25, 0.3) is 5.91 Å². The maximum Gasteiger partial charge on any atom is 0.270 e. The first-order valence-corrected chi connectivity index (χ1v) is 7.97. The average Bonchev–Trinajstić information content (AvgIpc) is 2.95. The third-order valence-corrected chi connectivity index (χ3v) is 4.01. The number of carbonyl (C=O) groups is 1. The molecule has 2 N–H and O–H groups in total. The summed E-state index contributed by atoms with van der Waals surface area (Å²) in [6.45, 7) is 2.17. The molecule has 1 heterocycles. The van der Waals surface area contributed by atoms with Crippen molar-refractivity contribution in [1.29, 1.82) is 0 Å². The molecule has 0 radical (unpaired) electrons. The topological polar surface area (TPSA) is 62.2 Å². The van der Waals surface area contributed by atoms with Crippen LogP contribution in [0, 0.1) is 0 Å². The number of hydrogen-bond acceptors (Lipinski definition) is 4. The van der Waals surface area contributed by atoms with Crippen LogP contribution in [-0.2, 0) is 12.8 Å². The van der Waals surface area contributed by atoms with Crippen molar-refractivity contribution in [2.24, 2.45) is 0 Å². The number of aryl methyl sites for hydroxylation is 2. The van der Waals surface area contributed by atoms with Gasteiger partial charge >= 0.3 is 0 Å². The zero-order valence-electron chi connectivity index (χ0n) is 12.1. The Kier molecular flexibility index (Phi) is 5.90. The van der Waals surface area contributed by atoms with E-state index in [4.69, 9.17) is 5.11 Å². The van der Waals surface area contributed by atoms with Gasteiger partial charge in [0, 0.05) is 18.3 Å². The molecule has 0 aliphatic heterocycles. The third kappa shape index (κ3) is 5.28. The van der Waals surface area contributed by atoms with Crippen LogP contribution >= 0.6 is 11.3 Å². The number of rotatable bonds is 7. The SMILES string of the molecule is CC(O)CCNC(=O)c1csc(CCc2ccccc2)n1. The van der Waals surface area contributed by atoms with Crippen LogP contribution in [0.4, 0.5) is 0 Å². The summed E-state index contributed by atoms with van der Waals surface area (Å²) in [6, 6.07) is 10.2. The number of nitrogens with one attached hydrogen (secondary N) is 1. The molecule has 2 aromatic rings. The molecule has 1 aromatic carbocycles. The van der Waals surface area contributed by atoms with Crippen molar-refractivity contribution < 1.29 is 9.90 Å². The van der Waals surface area contributed by atoms with Crippen molar-refractivity contribution in [3.63, 3.8) is 0 Å². The van der Waals surface area contributed by atoms with Gasteiger partial charge in [-0.2, -0.15) is 0 Å². The number of nitrogens with zero attached hydrogens (tertiary/aromatic N) is 1. The van der Waals surface area contributed by atoms with Crippen molar-refractivity contribution in [1.82, 2.24) is 10.3 Å². The second kappa shape index (κ2) is 7.90. The van der Waals surface area contributed by atoms with E-state index in [1.54, 1.807) is 12.3 Å². The van der Waals surface area contributed by atoms with Gasteiger partial charge in [0.2, 0.25) is 0 Å². The summed E-state index contributed by atoms with van der Waals surface area (Å²) >= 11 is 1.52. The summed E-state index contributed by atoms with van der Waals surface area (Å²) in [5.41, 5.74) is 1.74. The lowest BCUT2D eigenvalue weighted by molar-refractivity contribution is 0.0941. The van der Waals surface area contributed by atoms with Gasteiger partial charge in [-0.05, 0) is 25.3 Å². The molecule has 1 aromatic heterocycles. The van der Waals surface area contributed by atoms with Crippen molar-refractivity contribution in [2.45, 2.75) is 32.3 Å². The molecule has 1 unspecified atom stereocenters. The number of aromatic nitrogens is 1. The number of hydrogen-bond donors (Lipinski definition) is 2. The molecule has 112 valence electrons. The van der Waals surface area contributed by atoms with Gasteiger partial charge in [0.15, 0.2) is 0 Å². The van der Waals surface area contributed by atoms with E-state index in [9.17, 15) is 4.79 Å². The van der Waals surface area contributed by atoms with Crippen LogP contribution in [0.15, 0.2) is 35.7 Å². The van der Waals surface area contributed by atoms with Gasteiger partial charge < -0.3 is 10.4 Å². The first kappa shape index (κ1) is 15.7. The second-order valence-corrected chi connectivity index (χ2v) is 5.95. The molecule has 0 saturated carbocycles. The highest BCUT2D eigenvalue weighted by atomic mass is 32.1. The van der Waals surface area contributed by atoms with Gasteiger partial charge in [-0.25, -0.2) is 4.98 Å². The molecule has 5 heteroatoms. The number of aliphatic hydroxyl groups excluding tert-OH is 1. The predicted octanol–water partition coefficient (Wildman–Crippen LogP) is 2.43. The van der Waals surface area contributed by atoms with Crippen LogP contribution in [0.1, 0.15) is 34.4 Å². The summed E-state index contributed by atoms with van der Waals surface area (Å²) in [4.78, 5) is 16.2. The van der Waals surface area contributed by atoms with Gasteiger partial charge in [-0.3, -0.25) is 4.79 Å². The Labute approximate surface area is 128 Å². The first-order valence-electron chi connectivity index (χ1n) is 7.09. The van der Waals surface area contributed by atoms with Crippen LogP contribution in [0.25, 0.3) is 0 Å². The Bertz CT molecular complexity index is 567. The molecule has 0 bridgehead atoms. The molecule has 1 atom stereocenters. The van der Waals surface area contributed by atoms with E-state index < -0.39 is 6.10 Å². The maximum atomic E-state index is 11.9. The zero-order chi connectivity index (χ0) is 15.1. The maximum absolute atomic E-state index is 11.9. The van der Waals surface area contributed by atoms with E-state index in [1.807, 2.05) is 18.2 Å². The average molecular weight is 304 g/mol. The fraction of sp³-hybridized carbons (Fsp3) is 0.375. The van der Waals surface area contributed by atoms with E-state index in [0.29, 0.717) is 18.7 Å². The number of carbonyl (C=O) groups excluding carboxylic acids is 1. The first-order chi connectivity index (χ1) is 10.1. The largest absolute Gasteiger partial charge is 0.393 e. The number of aliphatic hydroxyl groups is 1. The highest BCUT2D eigenvalue weighted by Gasteiger charge is 2.10. The normalized spacial score (nSPS) is 12.1. The van der Waals surface area contributed by atoms with Gasteiger partial charge in [-0.15, -0.1) is 11.3 Å². The van der Waals surface area contributed by atoms with Crippen LogP contribution in [0.3, 0.4) is 0 Å². The third-order valence-electron chi connectivity index (χ3n) is 3.10. The van der Waals surface area contributed by atoms with Crippen molar-refractivity contribution in [3.8, 4) is 0 Å². The Morgan fingerprint density at radius 1 is 1.33 bits per heavy atom. The Morgan fingerprint density at radius 2 is 2.10 bits per heavy atom. The van der Waals surface area contributed by atoms with E-state index in [2.05, 4.69) is 22.4 Å². The van der Waals surface area contributed by atoms with E-state index in [0.717, 1.165) is 17.8 Å².